The first-order chi connectivity index (χ1) is 11.3. The van der Waals surface area contributed by atoms with E-state index in [1.807, 2.05) is 0 Å². The van der Waals surface area contributed by atoms with Crippen LogP contribution in [-0.4, -0.2) is 58.7 Å². The molecule has 1 saturated carbocycles. The highest BCUT2D eigenvalue weighted by molar-refractivity contribution is 5.92. The van der Waals surface area contributed by atoms with Gasteiger partial charge in [-0.1, -0.05) is 0 Å². The summed E-state index contributed by atoms with van der Waals surface area (Å²) in [4.78, 5) is 17.4. The van der Waals surface area contributed by atoms with Gasteiger partial charge in [-0.3, -0.25) is 9.48 Å². The average molecular weight is 332 g/mol. The maximum atomic E-state index is 13.2. The molecule has 1 aromatic rings. The molecule has 2 aliphatic rings. The molecular formula is C19H32N4O. The molecule has 1 amide bonds. The third kappa shape index (κ3) is 3.66. The molecule has 1 atom stereocenters. The number of nitrogens with zero attached hydrogens (tertiary/aromatic N) is 4. The zero-order valence-corrected chi connectivity index (χ0v) is 15.9. The van der Waals surface area contributed by atoms with Crippen molar-refractivity contribution in [3.05, 3.63) is 17.5 Å². The lowest BCUT2D eigenvalue weighted by Gasteiger charge is -2.36. The zero-order chi connectivity index (χ0) is 17.5. The standard InChI is InChI=1S/C19H32N4O/c1-19(2,3)23-17(14-9-10-14)12-16(20-23)18(24)22-11-7-6-8-15(22)13-21(4)5/h12,14-15H,6-11,13H2,1-5H3/t15-/m1/s1. The first-order valence-electron chi connectivity index (χ1n) is 9.33. The van der Waals surface area contributed by atoms with E-state index < -0.39 is 0 Å². The van der Waals surface area contributed by atoms with Crippen molar-refractivity contribution in [2.75, 3.05) is 27.2 Å². The van der Waals surface area contributed by atoms with Crippen LogP contribution in [0.2, 0.25) is 0 Å². The fourth-order valence-electron chi connectivity index (χ4n) is 3.73. The fourth-order valence-corrected chi connectivity index (χ4v) is 3.73. The Morgan fingerprint density at radius 3 is 2.54 bits per heavy atom. The minimum Gasteiger partial charge on any atom is -0.333 e. The molecule has 0 unspecified atom stereocenters. The highest BCUT2D eigenvalue weighted by atomic mass is 16.2. The van der Waals surface area contributed by atoms with Gasteiger partial charge in [0.2, 0.25) is 0 Å². The lowest BCUT2D eigenvalue weighted by Crippen LogP contribution is -2.48. The molecule has 2 fully saturated rings. The molecular weight excluding hydrogens is 300 g/mol. The van der Waals surface area contributed by atoms with E-state index in [0.29, 0.717) is 17.7 Å². The molecule has 2 heterocycles. The number of rotatable bonds is 4. The number of carbonyl (C=O) groups is 1. The molecule has 3 rings (SSSR count). The van der Waals surface area contributed by atoms with Gasteiger partial charge in [0, 0.05) is 30.7 Å². The number of carbonyl (C=O) groups excluding carboxylic acids is 1. The summed E-state index contributed by atoms with van der Waals surface area (Å²) in [6.07, 6.45) is 5.86. The highest BCUT2D eigenvalue weighted by Crippen LogP contribution is 2.42. The third-order valence-corrected chi connectivity index (χ3v) is 5.05. The summed E-state index contributed by atoms with van der Waals surface area (Å²) in [6.45, 7) is 8.28. The zero-order valence-electron chi connectivity index (χ0n) is 15.9. The van der Waals surface area contributed by atoms with Crippen LogP contribution in [0.5, 0.6) is 0 Å². The van der Waals surface area contributed by atoms with Gasteiger partial charge in [-0.25, -0.2) is 0 Å². The third-order valence-electron chi connectivity index (χ3n) is 5.05. The van der Waals surface area contributed by atoms with Crippen LogP contribution < -0.4 is 0 Å². The van der Waals surface area contributed by atoms with Gasteiger partial charge in [0.1, 0.15) is 0 Å². The number of amides is 1. The summed E-state index contributed by atoms with van der Waals surface area (Å²) < 4.78 is 2.09. The number of aromatic nitrogens is 2. The van der Waals surface area contributed by atoms with Crippen LogP contribution in [0, 0.1) is 0 Å². The summed E-state index contributed by atoms with van der Waals surface area (Å²) in [5.74, 6) is 0.712. The second kappa shape index (κ2) is 6.51. The second-order valence-electron chi connectivity index (χ2n) is 8.72. The van der Waals surface area contributed by atoms with E-state index in [4.69, 9.17) is 5.10 Å². The van der Waals surface area contributed by atoms with Crippen molar-refractivity contribution >= 4 is 5.91 Å². The maximum absolute atomic E-state index is 13.2. The van der Waals surface area contributed by atoms with E-state index in [0.717, 1.165) is 25.9 Å². The van der Waals surface area contributed by atoms with E-state index in [2.05, 4.69) is 55.4 Å². The summed E-state index contributed by atoms with van der Waals surface area (Å²) in [6, 6.07) is 2.37. The average Bonchev–Trinajstić information content (AvgIpc) is 3.23. The molecule has 0 spiro atoms. The van der Waals surface area contributed by atoms with Crippen LogP contribution in [0.15, 0.2) is 6.07 Å². The fraction of sp³-hybridized carbons (Fsp3) is 0.789. The summed E-state index contributed by atoms with van der Waals surface area (Å²) in [5.41, 5.74) is 1.80. The van der Waals surface area contributed by atoms with Crippen LogP contribution in [0.25, 0.3) is 0 Å². The Morgan fingerprint density at radius 1 is 1.25 bits per heavy atom. The van der Waals surface area contributed by atoms with Crippen LogP contribution in [-0.2, 0) is 5.54 Å². The van der Waals surface area contributed by atoms with Gasteiger partial charge in [0.15, 0.2) is 5.69 Å². The van der Waals surface area contributed by atoms with Gasteiger partial charge < -0.3 is 9.80 Å². The monoisotopic (exact) mass is 332 g/mol. The molecule has 0 aromatic carbocycles. The first-order valence-corrected chi connectivity index (χ1v) is 9.33. The smallest absolute Gasteiger partial charge is 0.274 e. The van der Waals surface area contributed by atoms with Gasteiger partial charge in [0.25, 0.3) is 5.91 Å². The van der Waals surface area contributed by atoms with E-state index in [1.165, 1.54) is 25.0 Å². The Bertz CT molecular complexity index is 595. The Balaban J connectivity index is 1.86. The van der Waals surface area contributed by atoms with Crippen molar-refractivity contribution in [2.45, 2.75) is 70.4 Å². The van der Waals surface area contributed by atoms with Crippen molar-refractivity contribution in [3.63, 3.8) is 0 Å². The predicted molar refractivity (Wildman–Crippen MR) is 96.4 cm³/mol. The van der Waals surface area contributed by atoms with Crippen molar-refractivity contribution < 1.29 is 4.79 Å². The quantitative estimate of drug-likeness (QED) is 0.851. The molecule has 0 N–H and O–H groups in total. The lowest BCUT2D eigenvalue weighted by atomic mass is 10.0. The molecule has 5 nitrogen and oxygen atoms in total. The van der Waals surface area contributed by atoms with Crippen LogP contribution >= 0.6 is 0 Å². The van der Waals surface area contributed by atoms with E-state index in [1.54, 1.807) is 0 Å². The number of hydrogen-bond donors (Lipinski definition) is 0. The Hall–Kier alpha value is -1.36. The van der Waals surface area contributed by atoms with Gasteiger partial charge in [0.05, 0.1) is 5.54 Å². The van der Waals surface area contributed by atoms with Crippen LogP contribution in [0.3, 0.4) is 0 Å². The molecule has 24 heavy (non-hydrogen) atoms. The molecule has 1 aliphatic carbocycles. The number of piperidine rings is 1. The Morgan fingerprint density at radius 2 is 1.96 bits per heavy atom. The second-order valence-corrected chi connectivity index (χ2v) is 8.72. The van der Waals surface area contributed by atoms with E-state index >= 15 is 0 Å². The summed E-state index contributed by atoms with van der Waals surface area (Å²) >= 11 is 0. The van der Waals surface area contributed by atoms with Crippen molar-refractivity contribution in [3.8, 4) is 0 Å². The van der Waals surface area contributed by atoms with E-state index in [-0.39, 0.29) is 11.4 Å². The predicted octanol–water partition coefficient (Wildman–Crippen LogP) is 3.07. The van der Waals surface area contributed by atoms with Crippen LogP contribution in [0.1, 0.15) is 75.0 Å². The minimum atomic E-state index is -0.0820. The lowest BCUT2D eigenvalue weighted by molar-refractivity contribution is 0.0567. The number of hydrogen-bond acceptors (Lipinski definition) is 3. The highest BCUT2D eigenvalue weighted by Gasteiger charge is 2.35. The van der Waals surface area contributed by atoms with Crippen molar-refractivity contribution in [1.29, 1.82) is 0 Å². The largest absolute Gasteiger partial charge is 0.333 e. The molecule has 0 radical (unpaired) electrons. The van der Waals surface area contributed by atoms with Gasteiger partial charge in [-0.15, -0.1) is 0 Å². The molecule has 134 valence electrons. The maximum Gasteiger partial charge on any atom is 0.274 e. The summed E-state index contributed by atoms with van der Waals surface area (Å²) in [7, 11) is 4.16. The van der Waals surface area contributed by atoms with Crippen molar-refractivity contribution in [1.82, 2.24) is 19.6 Å². The molecule has 5 heteroatoms. The topological polar surface area (TPSA) is 41.4 Å². The van der Waals surface area contributed by atoms with Crippen molar-refractivity contribution in [2.24, 2.45) is 0 Å². The Kier molecular flexibility index (Phi) is 4.73. The normalized spacial score (nSPS) is 22.2. The molecule has 1 saturated heterocycles. The SMILES string of the molecule is CN(C)C[C@H]1CCCCN1C(=O)c1cc(C2CC2)n(C(C)(C)C)n1. The molecule has 1 aliphatic heterocycles. The first kappa shape index (κ1) is 17.5. The molecule has 1 aromatic heterocycles. The van der Waals surface area contributed by atoms with Gasteiger partial charge >= 0.3 is 0 Å². The minimum absolute atomic E-state index is 0.0820. The molecule has 0 bridgehead atoms. The number of likely N-dealkylation sites (tertiary alicyclic amines) is 1. The van der Waals surface area contributed by atoms with E-state index in [9.17, 15) is 4.79 Å². The van der Waals surface area contributed by atoms with Crippen LogP contribution in [0.4, 0.5) is 0 Å². The van der Waals surface area contributed by atoms with Gasteiger partial charge in [-0.05, 0) is 73.0 Å². The summed E-state index contributed by atoms with van der Waals surface area (Å²) in [5, 5.41) is 4.74. The number of likely N-dealkylation sites (N-methyl/N-ethyl adjacent to an activating group) is 1. The Labute approximate surface area is 146 Å². The van der Waals surface area contributed by atoms with Gasteiger partial charge in [-0.2, -0.15) is 5.10 Å².